The molecule has 0 bridgehead atoms. The quantitative estimate of drug-likeness (QED) is 0.736. The normalized spacial score (nSPS) is 26.9. The molecule has 2 aliphatic heterocycles. The molecule has 0 aliphatic carbocycles. The number of aryl methyl sites for hydroxylation is 1. The van der Waals surface area contributed by atoms with Crippen LogP contribution in [0.2, 0.25) is 0 Å². The number of methoxy groups -OCH3 is 1. The predicted molar refractivity (Wildman–Crippen MR) is 103 cm³/mol. The second kappa shape index (κ2) is 8.06. The number of piperidine rings is 1. The van der Waals surface area contributed by atoms with Gasteiger partial charge in [-0.05, 0) is 49.3 Å². The fourth-order valence-corrected chi connectivity index (χ4v) is 8.53. The SMILES string of the molecule is COc1ccc(CCC2CCN(S(=O)(=O)[C@@H]3CS(=O)(=O)C[C@@H]3O)CC2)cc1. The highest BCUT2D eigenvalue weighted by molar-refractivity contribution is 7.95. The van der Waals surface area contributed by atoms with Crippen LogP contribution in [0.15, 0.2) is 24.3 Å². The van der Waals surface area contributed by atoms with Crippen LogP contribution in [0, 0.1) is 5.92 Å². The second-order valence-electron chi connectivity index (χ2n) is 7.46. The minimum atomic E-state index is -3.79. The first-order chi connectivity index (χ1) is 12.7. The van der Waals surface area contributed by atoms with Crippen LogP contribution in [-0.4, -0.2) is 69.3 Å². The molecule has 152 valence electrons. The van der Waals surface area contributed by atoms with E-state index in [1.807, 2.05) is 24.3 Å². The molecule has 9 heteroatoms. The van der Waals surface area contributed by atoms with Crippen molar-refractivity contribution >= 4 is 19.9 Å². The van der Waals surface area contributed by atoms with Gasteiger partial charge in [0.25, 0.3) is 0 Å². The van der Waals surface area contributed by atoms with Gasteiger partial charge in [-0.3, -0.25) is 0 Å². The number of ether oxygens (including phenoxy) is 1. The van der Waals surface area contributed by atoms with E-state index in [-0.39, 0.29) is 0 Å². The van der Waals surface area contributed by atoms with Crippen molar-refractivity contribution in [3.63, 3.8) is 0 Å². The lowest BCUT2D eigenvalue weighted by Crippen LogP contribution is -2.47. The molecule has 0 spiro atoms. The Bertz CT molecular complexity index is 842. The van der Waals surface area contributed by atoms with Gasteiger partial charge in [-0.25, -0.2) is 21.1 Å². The Morgan fingerprint density at radius 2 is 1.78 bits per heavy atom. The second-order valence-corrected chi connectivity index (χ2v) is 11.8. The van der Waals surface area contributed by atoms with Crippen LogP contribution in [0.4, 0.5) is 0 Å². The first kappa shape index (κ1) is 20.6. The van der Waals surface area contributed by atoms with Crippen molar-refractivity contribution in [2.75, 3.05) is 31.7 Å². The number of aliphatic hydroxyl groups excluding tert-OH is 1. The monoisotopic (exact) mass is 417 g/mol. The maximum absolute atomic E-state index is 12.7. The molecule has 2 atom stereocenters. The molecule has 1 aromatic rings. The standard InChI is InChI=1S/C18H27NO6S2/c1-25-16-6-4-14(5-7-16)2-3-15-8-10-19(11-9-15)27(23,24)18-13-26(21,22)12-17(18)20/h4-7,15,17-18,20H,2-3,8-13H2,1H3/t17-,18+/m0/s1. The summed E-state index contributed by atoms with van der Waals surface area (Å²) in [4.78, 5) is 0. The highest BCUT2D eigenvalue weighted by Gasteiger charge is 2.47. The minimum absolute atomic E-state index is 0.388. The van der Waals surface area contributed by atoms with Gasteiger partial charge in [0.2, 0.25) is 10.0 Å². The van der Waals surface area contributed by atoms with Crippen molar-refractivity contribution < 1.29 is 26.7 Å². The molecular weight excluding hydrogens is 390 g/mol. The van der Waals surface area contributed by atoms with Crippen LogP contribution in [0.5, 0.6) is 5.75 Å². The number of benzene rings is 1. The zero-order valence-electron chi connectivity index (χ0n) is 15.5. The molecule has 2 fully saturated rings. The lowest BCUT2D eigenvalue weighted by Gasteiger charge is -2.33. The molecule has 0 unspecified atom stereocenters. The third kappa shape index (κ3) is 4.82. The van der Waals surface area contributed by atoms with Crippen LogP contribution in [0.1, 0.15) is 24.8 Å². The first-order valence-corrected chi connectivity index (χ1v) is 12.5. The Morgan fingerprint density at radius 3 is 2.30 bits per heavy atom. The summed E-state index contributed by atoms with van der Waals surface area (Å²) in [5, 5.41) is 8.67. The van der Waals surface area contributed by atoms with Gasteiger partial charge in [-0.15, -0.1) is 0 Å². The number of rotatable bonds is 6. The maximum atomic E-state index is 12.7. The van der Waals surface area contributed by atoms with Crippen molar-refractivity contribution in [1.29, 1.82) is 0 Å². The maximum Gasteiger partial charge on any atom is 0.220 e. The highest BCUT2D eigenvalue weighted by Crippen LogP contribution is 2.29. The van der Waals surface area contributed by atoms with E-state index in [1.54, 1.807) is 7.11 Å². The van der Waals surface area contributed by atoms with E-state index >= 15 is 0 Å². The number of sulfone groups is 1. The molecule has 2 heterocycles. The molecule has 1 aromatic carbocycles. The molecule has 2 saturated heterocycles. The van der Waals surface area contributed by atoms with Crippen molar-refractivity contribution in [3.05, 3.63) is 29.8 Å². The van der Waals surface area contributed by atoms with E-state index in [4.69, 9.17) is 4.74 Å². The summed E-state index contributed by atoms with van der Waals surface area (Å²) in [5.74, 6) is 0.326. The van der Waals surface area contributed by atoms with Crippen molar-refractivity contribution in [2.45, 2.75) is 37.0 Å². The zero-order valence-corrected chi connectivity index (χ0v) is 17.1. The van der Waals surface area contributed by atoms with Gasteiger partial charge >= 0.3 is 0 Å². The van der Waals surface area contributed by atoms with Gasteiger partial charge in [0.15, 0.2) is 9.84 Å². The molecule has 27 heavy (non-hydrogen) atoms. The Balaban J connectivity index is 1.52. The summed E-state index contributed by atoms with van der Waals surface area (Å²) < 4.78 is 55.2. The minimum Gasteiger partial charge on any atom is -0.497 e. The Kier molecular flexibility index (Phi) is 6.14. The number of sulfonamides is 1. The summed E-state index contributed by atoms with van der Waals surface area (Å²) in [6.45, 7) is 0.776. The summed E-state index contributed by atoms with van der Waals surface area (Å²) in [6.07, 6.45) is 2.10. The van der Waals surface area contributed by atoms with E-state index in [1.165, 1.54) is 9.87 Å². The topological polar surface area (TPSA) is 101 Å². The molecular formula is C18H27NO6S2. The number of aliphatic hydroxyl groups is 1. The summed E-state index contributed by atoms with van der Waals surface area (Å²) in [6, 6.07) is 7.96. The van der Waals surface area contributed by atoms with Gasteiger partial charge in [0, 0.05) is 13.1 Å². The fraction of sp³-hybridized carbons (Fsp3) is 0.667. The van der Waals surface area contributed by atoms with Gasteiger partial charge < -0.3 is 9.84 Å². The summed E-state index contributed by atoms with van der Waals surface area (Å²) >= 11 is 0. The van der Waals surface area contributed by atoms with Crippen LogP contribution >= 0.6 is 0 Å². The third-order valence-electron chi connectivity index (χ3n) is 5.59. The number of nitrogens with zero attached hydrogens (tertiary/aromatic N) is 1. The van der Waals surface area contributed by atoms with Crippen LogP contribution in [0.3, 0.4) is 0 Å². The smallest absolute Gasteiger partial charge is 0.220 e. The molecule has 0 saturated carbocycles. The number of hydrogen-bond acceptors (Lipinski definition) is 6. The summed E-state index contributed by atoms with van der Waals surface area (Å²) in [7, 11) is -5.64. The van der Waals surface area contributed by atoms with Gasteiger partial charge in [0.1, 0.15) is 11.0 Å². The predicted octanol–water partition coefficient (Wildman–Crippen LogP) is 0.828. The average molecular weight is 418 g/mol. The van der Waals surface area contributed by atoms with Crippen molar-refractivity contribution in [3.8, 4) is 5.75 Å². The van der Waals surface area contributed by atoms with Crippen molar-refractivity contribution in [2.24, 2.45) is 5.92 Å². The molecule has 0 aromatic heterocycles. The van der Waals surface area contributed by atoms with Crippen LogP contribution < -0.4 is 4.74 Å². The highest BCUT2D eigenvalue weighted by atomic mass is 32.2. The largest absolute Gasteiger partial charge is 0.497 e. The Morgan fingerprint density at radius 1 is 1.15 bits per heavy atom. The van der Waals surface area contributed by atoms with E-state index in [0.717, 1.165) is 31.4 Å². The van der Waals surface area contributed by atoms with Gasteiger partial charge in [-0.1, -0.05) is 12.1 Å². The molecule has 7 nitrogen and oxygen atoms in total. The van der Waals surface area contributed by atoms with Crippen molar-refractivity contribution in [1.82, 2.24) is 4.31 Å². The van der Waals surface area contributed by atoms with Crippen LogP contribution in [0.25, 0.3) is 0 Å². The van der Waals surface area contributed by atoms with E-state index < -0.39 is 42.7 Å². The van der Waals surface area contributed by atoms with Gasteiger partial charge in [-0.2, -0.15) is 0 Å². The molecule has 3 rings (SSSR count). The van der Waals surface area contributed by atoms with E-state index in [2.05, 4.69) is 0 Å². The summed E-state index contributed by atoms with van der Waals surface area (Å²) in [5.41, 5.74) is 1.23. The van der Waals surface area contributed by atoms with E-state index in [9.17, 15) is 21.9 Å². The van der Waals surface area contributed by atoms with Crippen LogP contribution in [-0.2, 0) is 26.3 Å². The Hall–Kier alpha value is -1.16. The van der Waals surface area contributed by atoms with Gasteiger partial charge in [0.05, 0.1) is 24.7 Å². The Labute approximate surface area is 161 Å². The first-order valence-electron chi connectivity index (χ1n) is 9.21. The molecule has 2 aliphatic rings. The average Bonchev–Trinajstić information content (AvgIpc) is 2.94. The molecule has 0 radical (unpaired) electrons. The van der Waals surface area contributed by atoms with E-state index in [0.29, 0.717) is 19.0 Å². The zero-order chi connectivity index (χ0) is 19.7. The number of hydrogen-bond donors (Lipinski definition) is 1. The lowest BCUT2D eigenvalue weighted by atomic mass is 9.91. The fourth-order valence-electron chi connectivity index (χ4n) is 3.89. The molecule has 1 N–H and O–H groups in total. The third-order valence-corrected chi connectivity index (χ3v) is 9.85. The lowest BCUT2D eigenvalue weighted by molar-refractivity contribution is 0.197. The molecule has 0 amide bonds.